The van der Waals surface area contributed by atoms with E-state index in [1.165, 1.54) is 30.4 Å². The maximum Gasteiger partial charge on any atom is 0.0110 e. The molecule has 0 amide bonds. The molecule has 1 fully saturated rings. The normalized spacial score (nSPS) is 26.9. The molecular weight excluding hydrogens is 194 g/mol. The molecule has 3 atom stereocenters. The van der Waals surface area contributed by atoms with E-state index in [-0.39, 0.29) is 0 Å². The molecule has 0 aromatic heterocycles. The summed E-state index contributed by atoms with van der Waals surface area (Å²) >= 11 is 0. The molecule has 1 aliphatic carbocycles. The molecule has 1 aromatic rings. The summed E-state index contributed by atoms with van der Waals surface area (Å²) in [6.45, 7) is 4.48. The van der Waals surface area contributed by atoms with E-state index in [0.29, 0.717) is 6.04 Å². The van der Waals surface area contributed by atoms with Gasteiger partial charge in [0.15, 0.2) is 0 Å². The zero-order chi connectivity index (χ0) is 11.5. The zero-order valence-corrected chi connectivity index (χ0v) is 10.4. The van der Waals surface area contributed by atoms with Gasteiger partial charge in [0.05, 0.1) is 0 Å². The highest BCUT2D eigenvalue weighted by Gasteiger charge is 2.28. The molecule has 1 aliphatic rings. The monoisotopic (exact) mass is 217 g/mol. The average molecular weight is 217 g/mol. The van der Waals surface area contributed by atoms with Crippen LogP contribution < -0.4 is 5.73 Å². The molecule has 1 nitrogen and oxygen atoms in total. The highest BCUT2D eigenvalue weighted by molar-refractivity contribution is 5.22. The van der Waals surface area contributed by atoms with E-state index < -0.39 is 0 Å². The van der Waals surface area contributed by atoms with Gasteiger partial charge in [-0.25, -0.2) is 0 Å². The first-order chi connectivity index (χ1) is 7.66. The minimum Gasteiger partial charge on any atom is -0.327 e. The molecule has 0 radical (unpaired) electrons. The van der Waals surface area contributed by atoms with Gasteiger partial charge < -0.3 is 5.73 Å². The van der Waals surface area contributed by atoms with Crippen LogP contribution in [0.3, 0.4) is 0 Å². The Morgan fingerprint density at radius 2 is 1.94 bits per heavy atom. The van der Waals surface area contributed by atoms with Gasteiger partial charge in [0, 0.05) is 6.04 Å². The van der Waals surface area contributed by atoms with Gasteiger partial charge in [0.25, 0.3) is 0 Å². The lowest BCUT2D eigenvalue weighted by Crippen LogP contribution is -2.33. The van der Waals surface area contributed by atoms with E-state index in [4.69, 9.17) is 5.73 Å². The lowest BCUT2D eigenvalue weighted by atomic mass is 9.87. The van der Waals surface area contributed by atoms with Crippen LogP contribution in [-0.4, -0.2) is 6.04 Å². The molecule has 2 N–H and O–H groups in total. The van der Waals surface area contributed by atoms with Gasteiger partial charge in [-0.3, -0.25) is 0 Å². The first-order valence-electron chi connectivity index (χ1n) is 6.48. The number of hydrogen-bond acceptors (Lipinski definition) is 1. The van der Waals surface area contributed by atoms with Crippen molar-refractivity contribution < 1.29 is 0 Å². The number of rotatable bonds is 3. The SMILES string of the molecule is Cc1ccc(CC(N)C2CCCC2C)cc1. The molecule has 3 unspecified atom stereocenters. The number of nitrogens with two attached hydrogens (primary N) is 1. The summed E-state index contributed by atoms with van der Waals surface area (Å²) in [6.07, 6.45) is 5.10. The van der Waals surface area contributed by atoms with Crippen molar-refractivity contribution >= 4 is 0 Å². The molecule has 0 spiro atoms. The van der Waals surface area contributed by atoms with Crippen molar-refractivity contribution in [3.05, 3.63) is 35.4 Å². The standard InChI is InChI=1S/C15H23N/c1-11-6-8-13(9-7-11)10-15(16)14-5-3-4-12(14)2/h6-9,12,14-15H,3-5,10,16H2,1-2H3. The summed E-state index contributed by atoms with van der Waals surface area (Å²) in [5.41, 5.74) is 9.05. The molecule has 88 valence electrons. The van der Waals surface area contributed by atoms with E-state index in [1.807, 2.05) is 0 Å². The fourth-order valence-electron chi connectivity index (χ4n) is 2.96. The van der Waals surface area contributed by atoms with E-state index in [2.05, 4.69) is 38.1 Å². The Kier molecular flexibility index (Phi) is 3.65. The van der Waals surface area contributed by atoms with Crippen LogP contribution in [0.4, 0.5) is 0 Å². The molecule has 0 saturated heterocycles. The Labute approximate surface area is 99.0 Å². The van der Waals surface area contributed by atoms with Crippen molar-refractivity contribution in [3.63, 3.8) is 0 Å². The number of benzene rings is 1. The van der Waals surface area contributed by atoms with Crippen LogP contribution in [-0.2, 0) is 6.42 Å². The molecule has 0 heterocycles. The average Bonchev–Trinajstić information content (AvgIpc) is 2.68. The summed E-state index contributed by atoms with van der Waals surface area (Å²) in [4.78, 5) is 0. The molecule has 1 saturated carbocycles. The largest absolute Gasteiger partial charge is 0.327 e. The van der Waals surface area contributed by atoms with Gasteiger partial charge in [-0.1, -0.05) is 49.6 Å². The lowest BCUT2D eigenvalue weighted by Gasteiger charge is -2.23. The van der Waals surface area contributed by atoms with Crippen molar-refractivity contribution in [1.82, 2.24) is 0 Å². The van der Waals surface area contributed by atoms with E-state index in [1.54, 1.807) is 0 Å². The Morgan fingerprint density at radius 1 is 1.25 bits per heavy atom. The predicted molar refractivity (Wildman–Crippen MR) is 69.4 cm³/mol. The van der Waals surface area contributed by atoms with Crippen molar-refractivity contribution in [2.24, 2.45) is 17.6 Å². The van der Waals surface area contributed by atoms with Crippen LogP contribution in [0.25, 0.3) is 0 Å². The minimum atomic E-state index is 0.347. The second-order valence-electron chi connectivity index (χ2n) is 5.43. The van der Waals surface area contributed by atoms with Gasteiger partial charge in [0.2, 0.25) is 0 Å². The third-order valence-corrected chi connectivity index (χ3v) is 4.07. The summed E-state index contributed by atoms with van der Waals surface area (Å²) in [6, 6.07) is 9.14. The highest BCUT2D eigenvalue weighted by Crippen LogP contribution is 2.33. The van der Waals surface area contributed by atoms with E-state index in [9.17, 15) is 0 Å². The first kappa shape index (κ1) is 11.7. The zero-order valence-electron chi connectivity index (χ0n) is 10.4. The first-order valence-corrected chi connectivity index (χ1v) is 6.48. The van der Waals surface area contributed by atoms with Crippen LogP contribution >= 0.6 is 0 Å². The molecule has 0 aliphatic heterocycles. The van der Waals surface area contributed by atoms with Gasteiger partial charge in [0.1, 0.15) is 0 Å². The fourth-order valence-corrected chi connectivity index (χ4v) is 2.96. The van der Waals surface area contributed by atoms with Crippen LogP contribution in [0.5, 0.6) is 0 Å². The maximum atomic E-state index is 6.34. The van der Waals surface area contributed by atoms with E-state index >= 15 is 0 Å². The van der Waals surface area contributed by atoms with E-state index in [0.717, 1.165) is 18.3 Å². The minimum absolute atomic E-state index is 0.347. The molecule has 0 bridgehead atoms. The fraction of sp³-hybridized carbons (Fsp3) is 0.600. The Hall–Kier alpha value is -0.820. The smallest absolute Gasteiger partial charge is 0.0110 e. The van der Waals surface area contributed by atoms with Crippen LogP contribution in [0, 0.1) is 18.8 Å². The Morgan fingerprint density at radius 3 is 2.50 bits per heavy atom. The van der Waals surface area contributed by atoms with Gasteiger partial charge >= 0.3 is 0 Å². The maximum absolute atomic E-state index is 6.34. The van der Waals surface area contributed by atoms with Crippen molar-refractivity contribution in [2.45, 2.75) is 45.6 Å². The molecule has 1 heteroatoms. The summed E-state index contributed by atoms with van der Waals surface area (Å²) < 4.78 is 0. The second kappa shape index (κ2) is 5.01. The third-order valence-electron chi connectivity index (χ3n) is 4.07. The van der Waals surface area contributed by atoms with Crippen molar-refractivity contribution in [3.8, 4) is 0 Å². The topological polar surface area (TPSA) is 26.0 Å². The summed E-state index contributed by atoms with van der Waals surface area (Å²) in [7, 11) is 0. The number of hydrogen-bond donors (Lipinski definition) is 1. The quantitative estimate of drug-likeness (QED) is 0.826. The molecule has 16 heavy (non-hydrogen) atoms. The van der Waals surface area contributed by atoms with Crippen molar-refractivity contribution in [1.29, 1.82) is 0 Å². The Balaban J connectivity index is 1.96. The van der Waals surface area contributed by atoms with Gasteiger partial charge in [-0.2, -0.15) is 0 Å². The molecule has 1 aromatic carbocycles. The van der Waals surface area contributed by atoms with Gasteiger partial charge in [-0.15, -0.1) is 0 Å². The van der Waals surface area contributed by atoms with Crippen molar-refractivity contribution in [2.75, 3.05) is 0 Å². The second-order valence-corrected chi connectivity index (χ2v) is 5.43. The molecule has 2 rings (SSSR count). The number of aryl methyl sites for hydroxylation is 1. The summed E-state index contributed by atoms with van der Waals surface area (Å²) in [5.74, 6) is 1.56. The highest BCUT2D eigenvalue weighted by atomic mass is 14.7. The Bertz CT molecular complexity index is 328. The molecular formula is C15H23N. The third kappa shape index (κ3) is 2.65. The van der Waals surface area contributed by atoms with Gasteiger partial charge in [-0.05, 0) is 37.2 Å². The van der Waals surface area contributed by atoms with Crippen LogP contribution in [0.15, 0.2) is 24.3 Å². The summed E-state index contributed by atoms with van der Waals surface area (Å²) in [5, 5.41) is 0. The van der Waals surface area contributed by atoms with Crippen LogP contribution in [0.2, 0.25) is 0 Å². The van der Waals surface area contributed by atoms with Crippen LogP contribution in [0.1, 0.15) is 37.3 Å². The predicted octanol–water partition coefficient (Wildman–Crippen LogP) is 3.30. The lowest BCUT2D eigenvalue weighted by molar-refractivity contribution is 0.343.